The predicted molar refractivity (Wildman–Crippen MR) is 68.8 cm³/mol. The number of aryl methyl sites for hydroxylation is 1. The lowest BCUT2D eigenvalue weighted by molar-refractivity contribution is -0.142. The molecule has 2 rings (SSSR count). The number of rotatable bonds is 2. The van der Waals surface area contributed by atoms with E-state index in [0.717, 1.165) is 25.7 Å². The molecule has 0 radical (unpaired) electrons. The van der Waals surface area contributed by atoms with Gasteiger partial charge < -0.3 is 10.0 Å². The first-order valence-corrected chi connectivity index (χ1v) is 6.63. The van der Waals surface area contributed by atoms with Crippen molar-refractivity contribution in [3.63, 3.8) is 0 Å². The number of aliphatic carboxylic acids is 1. The number of hydrogen-bond donors (Lipinski definition) is 1. The lowest BCUT2D eigenvalue weighted by Gasteiger charge is -2.30. The molecule has 6 nitrogen and oxygen atoms in total. The number of carbonyl (C=O) groups excluding carboxylic acids is 1. The van der Waals surface area contributed by atoms with E-state index in [4.69, 9.17) is 0 Å². The number of carboxylic acids is 1. The summed E-state index contributed by atoms with van der Waals surface area (Å²) in [5.74, 6) is -1.21. The molecular formula is C13H19N3O3. The van der Waals surface area contributed by atoms with E-state index >= 15 is 0 Å². The molecule has 0 bridgehead atoms. The van der Waals surface area contributed by atoms with E-state index in [-0.39, 0.29) is 5.91 Å². The van der Waals surface area contributed by atoms with Crippen molar-refractivity contribution in [1.82, 2.24) is 14.7 Å². The molecule has 0 spiro atoms. The van der Waals surface area contributed by atoms with Crippen LogP contribution >= 0.6 is 0 Å². The third-order valence-electron chi connectivity index (χ3n) is 3.48. The number of amides is 1. The Kier molecular flexibility index (Phi) is 4.19. The number of likely N-dealkylation sites (tertiary alicyclic amines) is 1. The molecule has 1 amide bonds. The SMILES string of the molecule is Cn1ccc(C(=O)N2CCCCCCC2C(=O)O)n1. The maximum absolute atomic E-state index is 12.4. The van der Waals surface area contributed by atoms with Gasteiger partial charge in [0.1, 0.15) is 11.7 Å². The van der Waals surface area contributed by atoms with Crippen LogP contribution in [0.25, 0.3) is 0 Å². The Bertz CT molecular complexity index is 469. The minimum absolute atomic E-state index is 0.282. The highest BCUT2D eigenvalue weighted by Gasteiger charge is 2.31. The largest absolute Gasteiger partial charge is 0.480 e. The first-order chi connectivity index (χ1) is 9.09. The summed E-state index contributed by atoms with van der Waals surface area (Å²) in [4.78, 5) is 25.2. The Hall–Kier alpha value is -1.85. The fraction of sp³-hybridized carbons (Fsp3) is 0.615. The van der Waals surface area contributed by atoms with Crippen LogP contribution in [-0.4, -0.2) is 44.3 Å². The van der Waals surface area contributed by atoms with Gasteiger partial charge in [0.25, 0.3) is 5.91 Å². The topological polar surface area (TPSA) is 75.4 Å². The van der Waals surface area contributed by atoms with Crippen molar-refractivity contribution in [3.05, 3.63) is 18.0 Å². The van der Waals surface area contributed by atoms with Crippen LogP contribution in [-0.2, 0) is 11.8 Å². The molecule has 0 saturated carbocycles. The summed E-state index contributed by atoms with van der Waals surface area (Å²) in [6.45, 7) is 0.492. The fourth-order valence-corrected chi connectivity index (χ4v) is 2.46. The van der Waals surface area contributed by atoms with Crippen molar-refractivity contribution in [1.29, 1.82) is 0 Å². The second kappa shape index (κ2) is 5.86. The van der Waals surface area contributed by atoms with Crippen LogP contribution in [0.1, 0.15) is 42.6 Å². The van der Waals surface area contributed by atoms with Crippen molar-refractivity contribution < 1.29 is 14.7 Å². The average Bonchev–Trinajstić information content (AvgIpc) is 2.74. The normalized spacial score (nSPS) is 20.7. The molecule has 1 atom stereocenters. The molecular weight excluding hydrogens is 246 g/mol. The minimum atomic E-state index is -0.925. The average molecular weight is 265 g/mol. The molecule has 104 valence electrons. The maximum atomic E-state index is 12.4. The highest BCUT2D eigenvalue weighted by atomic mass is 16.4. The van der Waals surface area contributed by atoms with Gasteiger partial charge in [-0.25, -0.2) is 4.79 Å². The Morgan fingerprint density at radius 1 is 1.32 bits per heavy atom. The lowest BCUT2D eigenvalue weighted by Crippen LogP contribution is -2.46. The van der Waals surface area contributed by atoms with E-state index in [1.165, 1.54) is 4.90 Å². The van der Waals surface area contributed by atoms with Gasteiger partial charge in [0.05, 0.1) is 0 Å². The molecule has 1 fully saturated rings. The molecule has 1 aliphatic heterocycles. The van der Waals surface area contributed by atoms with E-state index < -0.39 is 12.0 Å². The van der Waals surface area contributed by atoms with Crippen molar-refractivity contribution in [3.8, 4) is 0 Å². The first-order valence-electron chi connectivity index (χ1n) is 6.63. The van der Waals surface area contributed by atoms with Gasteiger partial charge in [0.2, 0.25) is 0 Å². The van der Waals surface area contributed by atoms with E-state index in [9.17, 15) is 14.7 Å². The van der Waals surface area contributed by atoms with Gasteiger partial charge >= 0.3 is 5.97 Å². The molecule has 19 heavy (non-hydrogen) atoms. The van der Waals surface area contributed by atoms with Gasteiger partial charge in [-0.05, 0) is 18.9 Å². The Morgan fingerprint density at radius 3 is 2.68 bits per heavy atom. The molecule has 1 aliphatic rings. The van der Waals surface area contributed by atoms with Crippen molar-refractivity contribution in [2.45, 2.75) is 38.1 Å². The van der Waals surface area contributed by atoms with Gasteiger partial charge in [0, 0.05) is 19.8 Å². The number of aromatic nitrogens is 2. The molecule has 1 saturated heterocycles. The Morgan fingerprint density at radius 2 is 2.05 bits per heavy atom. The fourth-order valence-electron chi connectivity index (χ4n) is 2.46. The summed E-state index contributed by atoms with van der Waals surface area (Å²) in [5.41, 5.74) is 0.314. The van der Waals surface area contributed by atoms with Gasteiger partial charge in [-0.15, -0.1) is 0 Å². The van der Waals surface area contributed by atoms with Crippen LogP contribution in [0.5, 0.6) is 0 Å². The summed E-state index contributed by atoms with van der Waals surface area (Å²) in [5, 5.41) is 13.4. The zero-order chi connectivity index (χ0) is 13.8. The van der Waals surface area contributed by atoms with E-state index in [2.05, 4.69) is 5.10 Å². The molecule has 0 aliphatic carbocycles. The molecule has 2 heterocycles. The van der Waals surface area contributed by atoms with Crippen molar-refractivity contribution >= 4 is 11.9 Å². The Labute approximate surface area is 112 Å². The first kappa shape index (κ1) is 13.6. The number of carbonyl (C=O) groups is 2. The van der Waals surface area contributed by atoms with E-state index in [0.29, 0.717) is 18.7 Å². The van der Waals surface area contributed by atoms with Gasteiger partial charge in [0.15, 0.2) is 0 Å². The van der Waals surface area contributed by atoms with Crippen molar-refractivity contribution in [2.24, 2.45) is 7.05 Å². The molecule has 1 N–H and O–H groups in total. The number of hydrogen-bond acceptors (Lipinski definition) is 3. The summed E-state index contributed by atoms with van der Waals surface area (Å²) >= 11 is 0. The second-order valence-corrected chi connectivity index (χ2v) is 4.93. The standard InChI is InChI=1S/C13H19N3O3/c1-15-9-7-10(14-15)12(17)16-8-5-3-2-4-6-11(16)13(18)19/h7,9,11H,2-6,8H2,1H3,(H,18,19). The molecule has 1 unspecified atom stereocenters. The zero-order valence-corrected chi connectivity index (χ0v) is 11.1. The van der Waals surface area contributed by atoms with Gasteiger partial charge in [-0.2, -0.15) is 5.10 Å². The van der Waals surface area contributed by atoms with E-state index in [1.54, 1.807) is 24.0 Å². The minimum Gasteiger partial charge on any atom is -0.480 e. The summed E-state index contributed by atoms with van der Waals surface area (Å²) < 4.78 is 1.55. The van der Waals surface area contributed by atoms with Gasteiger partial charge in [-0.3, -0.25) is 9.48 Å². The molecule has 1 aromatic heterocycles. The highest BCUT2D eigenvalue weighted by Crippen LogP contribution is 2.19. The van der Waals surface area contributed by atoms with Crippen LogP contribution in [0.4, 0.5) is 0 Å². The maximum Gasteiger partial charge on any atom is 0.326 e. The van der Waals surface area contributed by atoms with Crippen LogP contribution < -0.4 is 0 Å². The van der Waals surface area contributed by atoms with Crippen molar-refractivity contribution in [2.75, 3.05) is 6.54 Å². The zero-order valence-electron chi connectivity index (χ0n) is 11.1. The Balaban J connectivity index is 2.20. The predicted octanol–water partition coefficient (Wildman–Crippen LogP) is 1.28. The van der Waals surface area contributed by atoms with E-state index in [1.807, 2.05) is 0 Å². The van der Waals surface area contributed by atoms with Crippen LogP contribution in [0.15, 0.2) is 12.3 Å². The van der Waals surface area contributed by atoms with Crippen LogP contribution in [0, 0.1) is 0 Å². The summed E-state index contributed by atoms with van der Waals surface area (Å²) in [6.07, 6.45) is 5.99. The second-order valence-electron chi connectivity index (χ2n) is 4.93. The number of carboxylic acid groups (broad SMARTS) is 1. The van der Waals surface area contributed by atoms with Gasteiger partial charge in [-0.1, -0.05) is 19.3 Å². The highest BCUT2D eigenvalue weighted by molar-refractivity contribution is 5.94. The lowest BCUT2D eigenvalue weighted by atomic mass is 10.0. The molecule has 1 aromatic rings. The quantitative estimate of drug-likeness (QED) is 0.874. The summed E-state index contributed by atoms with van der Waals surface area (Å²) in [6, 6.07) is 0.898. The van der Waals surface area contributed by atoms with Crippen LogP contribution in [0.2, 0.25) is 0 Å². The third-order valence-corrected chi connectivity index (χ3v) is 3.48. The number of nitrogens with zero attached hydrogens (tertiary/aromatic N) is 3. The molecule has 0 aromatic carbocycles. The third kappa shape index (κ3) is 3.13. The smallest absolute Gasteiger partial charge is 0.326 e. The summed E-state index contributed by atoms with van der Waals surface area (Å²) in [7, 11) is 1.74. The molecule has 6 heteroatoms. The van der Waals surface area contributed by atoms with Crippen LogP contribution in [0.3, 0.4) is 0 Å². The monoisotopic (exact) mass is 265 g/mol.